The van der Waals surface area contributed by atoms with E-state index >= 15 is 0 Å². The predicted octanol–water partition coefficient (Wildman–Crippen LogP) is 2.41. The molecular formula is C16H24N2O. The van der Waals surface area contributed by atoms with Crippen LogP contribution >= 0.6 is 0 Å². The molecule has 0 bridgehead atoms. The molecule has 2 aliphatic rings. The maximum atomic E-state index is 5.21. The molecule has 2 aliphatic heterocycles. The maximum Gasteiger partial charge on any atom is 0.118 e. The summed E-state index contributed by atoms with van der Waals surface area (Å²) in [7, 11) is 1.72. The Morgan fingerprint density at radius 3 is 2.74 bits per heavy atom. The summed E-state index contributed by atoms with van der Waals surface area (Å²) in [5.74, 6) is 0.940. The number of likely N-dealkylation sites (tertiary alicyclic amines) is 1. The summed E-state index contributed by atoms with van der Waals surface area (Å²) >= 11 is 0. The summed E-state index contributed by atoms with van der Waals surface area (Å²) in [6.07, 6.45) is 5.40. The van der Waals surface area contributed by atoms with Crippen LogP contribution in [-0.4, -0.2) is 37.2 Å². The van der Waals surface area contributed by atoms with Gasteiger partial charge in [0.1, 0.15) is 5.75 Å². The Labute approximate surface area is 115 Å². The SMILES string of the molecule is COc1ccc(CN2CCC3(CCCCN3)C2)cc1. The van der Waals surface area contributed by atoms with Crippen LogP contribution in [0.1, 0.15) is 31.2 Å². The van der Waals surface area contributed by atoms with Crippen LogP contribution in [0.4, 0.5) is 0 Å². The number of piperidine rings is 1. The number of methoxy groups -OCH3 is 1. The van der Waals surface area contributed by atoms with Gasteiger partial charge in [0.2, 0.25) is 0 Å². The Balaban J connectivity index is 1.58. The molecule has 2 heterocycles. The first-order valence-corrected chi connectivity index (χ1v) is 7.40. The fraction of sp³-hybridized carbons (Fsp3) is 0.625. The molecule has 0 aromatic heterocycles. The molecule has 3 heteroatoms. The van der Waals surface area contributed by atoms with Gasteiger partial charge in [0.25, 0.3) is 0 Å². The van der Waals surface area contributed by atoms with Gasteiger partial charge in [0.15, 0.2) is 0 Å². The van der Waals surface area contributed by atoms with E-state index in [0.717, 1.165) is 12.3 Å². The van der Waals surface area contributed by atoms with Gasteiger partial charge in [-0.3, -0.25) is 4.90 Å². The quantitative estimate of drug-likeness (QED) is 0.903. The van der Waals surface area contributed by atoms with Gasteiger partial charge >= 0.3 is 0 Å². The summed E-state index contributed by atoms with van der Waals surface area (Å²) in [6.45, 7) is 4.70. The van der Waals surface area contributed by atoms with E-state index in [1.807, 2.05) is 0 Å². The Hall–Kier alpha value is -1.06. The van der Waals surface area contributed by atoms with Gasteiger partial charge < -0.3 is 10.1 Å². The average Bonchev–Trinajstić information content (AvgIpc) is 2.83. The topological polar surface area (TPSA) is 24.5 Å². The number of nitrogens with one attached hydrogen (secondary N) is 1. The Kier molecular flexibility index (Phi) is 3.76. The molecule has 0 saturated carbocycles. The van der Waals surface area contributed by atoms with Gasteiger partial charge in [-0.2, -0.15) is 0 Å². The molecule has 0 amide bonds. The highest BCUT2D eigenvalue weighted by Crippen LogP contribution is 2.30. The molecule has 1 unspecified atom stereocenters. The van der Waals surface area contributed by atoms with E-state index in [1.165, 1.54) is 50.9 Å². The molecule has 1 spiro atoms. The van der Waals surface area contributed by atoms with Crippen LogP contribution in [0.5, 0.6) is 5.75 Å². The second kappa shape index (κ2) is 5.51. The van der Waals surface area contributed by atoms with Gasteiger partial charge in [-0.05, 0) is 43.5 Å². The zero-order valence-electron chi connectivity index (χ0n) is 11.8. The van der Waals surface area contributed by atoms with Crippen molar-refractivity contribution < 1.29 is 4.74 Å². The first-order chi connectivity index (χ1) is 9.30. The Morgan fingerprint density at radius 1 is 1.21 bits per heavy atom. The van der Waals surface area contributed by atoms with Crippen molar-refractivity contribution in [1.29, 1.82) is 0 Å². The molecule has 3 rings (SSSR count). The summed E-state index contributed by atoms with van der Waals surface area (Å²) in [6, 6.07) is 8.47. The van der Waals surface area contributed by atoms with E-state index in [0.29, 0.717) is 5.54 Å². The molecule has 2 saturated heterocycles. The van der Waals surface area contributed by atoms with E-state index < -0.39 is 0 Å². The van der Waals surface area contributed by atoms with Crippen molar-refractivity contribution in [2.75, 3.05) is 26.7 Å². The zero-order valence-corrected chi connectivity index (χ0v) is 11.8. The summed E-state index contributed by atoms with van der Waals surface area (Å²) in [5, 5.41) is 3.77. The molecule has 1 atom stereocenters. The second-order valence-corrected chi connectivity index (χ2v) is 5.97. The van der Waals surface area contributed by atoms with Crippen LogP contribution in [0.2, 0.25) is 0 Å². The van der Waals surface area contributed by atoms with Crippen molar-refractivity contribution in [1.82, 2.24) is 10.2 Å². The fourth-order valence-electron chi connectivity index (χ4n) is 3.46. The van der Waals surface area contributed by atoms with Crippen LogP contribution in [0.25, 0.3) is 0 Å². The van der Waals surface area contributed by atoms with Crippen molar-refractivity contribution in [3.05, 3.63) is 29.8 Å². The first kappa shape index (κ1) is 12.9. The molecule has 0 radical (unpaired) electrons. The molecule has 1 aromatic carbocycles. The molecule has 104 valence electrons. The van der Waals surface area contributed by atoms with E-state index in [1.54, 1.807) is 7.11 Å². The summed E-state index contributed by atoms with van der Waals surface area (Å²) in [4.78, 5) is 2.58. The predicted molar refractivity (Wildman–Crippen MR) is 77.5 cm³/mol. The van der Waals surface area contributed by atoms with Gasteiger partial charge in [-0.1, -0.05) is 18.6 Å². The lowest BCUT2D eigenvalue weighted by atomic mass is 9.88. The van der Waals surface area contributed by atoms with E-state index in [-0.39, 0.29) is 0 Å². The van der Waals surface area contributed by atoms with Crippen molar-refractivity contribution >= 4 is 0 Å². The number of ether oxygens (including phenoxy) is 1. The smallest absolute Gasteiger partial charge is 0.118 e. The molecule has 0 aliphatic carbocycles. The molecule has 1 N–H and O–H groups in total. The molecule has 1 aromatic rings. The minimum absolute atomic E-state index is 0.421. The Morgan fingerprint density at radius 2 is 2.05 bits per heavy atom. The highest BCUT2D eigenvalue weighted by molar-refractivity contribution is 5.27. The van der Waals surface area contributed by atoms with E-state index in [4.69, 9.17) is 4.74 Å². The monoisotopic (exact) mass is 260 g/mol. The number of nitrogens with zero attached hydrogens (tertiary/aromatic N) is 1. The van der Waals surface area contributed by atoms with E-state index in [9.17, 15) is 0 Å². The van der Waals surface area contributed by atoms with Gasteiger partial charge in [-0.25, -0.2) is 0 Å². The van der Waals surface area contributed by atoms with Gasteiger partial charge in [0, 0.05) is 25.2 Å². The maximum absolute atomic E-state index is 5.21. The Bertz CT molecular complexity index is 409. The first-order valence-electron chi connectivity index (χ1n) is 7.40. The van der Waals surface area contributed by atoms with Gasteiger partial charge in [0.05, 0.1) is 7.11 Å². The molecule has 3 nitrogen and oxygen atoms in total. The third kappa shape index (κ3) is 2.93. The summed E-state index contributed by atoms with van der Waals surface area (Å²) in [5.41, 5.74) is 1.80. The molecule has 19 heavy (non-hydrogen) atoms. The number of rotatable bonds is 3. The normalized spacial score (nSPS) is 27.8. The fourth-order valence-corrected chi connectivity index (χ4v) is 3.46. The minimum atomic E-state index is 0.421. The number of benzene rings is 1. The van der Waals surface area contributed by atoms with Crippen molar-refractivity contribution in [2.45, 2.75) is 37.8 Å². The average molecular weight is 260 g/mol. The third-order valence-electron chi connectivity index (χ3n) is 4.58. The summed E-state index contributed by atoms with van der Waals surface area (Å²) < 4.78 is 5.21. The second-order valence-electron chi connectivity index (χ2n) is 5.97. The number of hydrogen-bond acceptors (Lipinski definition) is 3. The van der Waals surface area contributed by atoms with Gasteiger partial charge in [-0.15, -0.1) is 0 Å². The van der Waals surface area contributed by atoms with Crippen molar-refractivity contribution in [3.63, 3.8) is 0 Å². The van der Waals surface area contributed by atoms with Crippen LogP contribution in [0.3, 0.4) is 0 Å². The highest BCUT2D eigenvalue weighted by atomic mass is 16.5. The lowest BCUT2D eigenvalue weighted by Crippen LogP contribution is -2.50. The van der Waals surface area contributed by atoms with Crippen LogP contribution < -0.4 is 10.1 Å². The van der Waals surface area contributed by atoms with Crippen LogP contribution in [-0.2, 0) is 6.54 Å². The lowest BCUT2D eigenvalue weighted by Gasteiger charge is -2.35. The minimum Gasteiger partial charge on any atom is -0.497 e. The van der Waals surface area contributed by atoms with Crippen LogP contribution in [0.15, 0.2) is 24.3 Å². The highest BCUT2D eigenvalue weighted by Gasteiger charge is 2.38. The third-order valence-corrected chi connectivity index (χ3v) is 4.58. The van der Waals surface area contributed by atoms with Crippen molar-refractivity contribution in [2.24, 2.45) is 0 Å². The zero-order chi connectivity index (χ0) is 13.1. The van der Waals surface area contributed by atoms with Crippen molar-refractivity contribution in [3.8, 4) is 5.75 Å². The van der Waals surface area contributed by atoms with E-state index in [2.05, 4.69) is 34.5 Å². The largest absolute Gasteiger partial charge is 0.497 e. The number of hydrogen-bond donors (Lipinski definition) is 1. The van der Waals surface area contributed by atoms with Crippen LogP contribution in [0, 0.1) is 0 Å². The standard InChI is InChI=1S/C16H24N2O/c1-19-15-6-4-14(5-7-15)12-18-11-9-16(13-18)8-2-3-10-17-16/h4-7,17H,2-3,8-13H2,1H3. The molecule has 2 fully saturated rings. The lowest BCUT2D eigenvalue weighted by molar-refractivity contribution is 0.234. The molecular weight excluding hydrogens is 236 g/mol.